The highest BCUT2D eigenvalue weighted by molar-refractivity contribution is 5.83. The van der Waals surface area contributed by atoms with Gasteiger partial charge in [0.25, 0.3) is 0 Å². The first-order chi connectivity index (χ1) is 25.5. The third-order valence-corrected chi connectivity index (χ3v) is 10.00. The molecule has 9 nitrogen and oxygen atoms in total. The van der Waals surface area contributed by atoms with Gasteiger partial charge in [-0.1, -0.05) is 116 Å². The summed E-state index contributed by atoms with van der Waals surface area (Å²) >= 11 is 0. The number of amides is 2. The van der Waals surface area contributed by atoms with Gasteiger partial charge in [0.05, 0.1) is 25.9 Å². The number of likely N-dealkylation sites (tertiary alicyclic amines) is 1. The smallest absolute Gasteiger partial charge is 0.328 e. The van der Waals surface area contributed by atoms with E-state index in [2.05, 4.69) is 58.0 Å². The number of nitrogens with zero attached hydrogens (tertiary/aromatic N) is 1. The van der Waals surface area contributed by atoms with Gasteiger partial charge in [0.2, 0.25) is 0 Å². The van der Waals surface area contributed by atoms with Gasteiger partial charge in [0, 0.05) is 31.5 Å². The maximum absolute atomic E-state index is 12.8. The van der Waals surface area contributed by atoms with E-state index in [9.17, 15) is 14.7 Å². The standard InChI is InChI=1S/C43H51N3O6/c1-50-41(48)39(26-31-11-6-5-7-12-31)45-43(49)44-28-33-13-10-14-37(25-33)34-19-21-36(22-20-34)42-51-38(29-46-23-8-3-2-4-9-24-46)27-40(52-42)35-17-15-32(30-47)16-18-35/h5-7,10-22,25,38-40,42,47H,2-4,8-9,23-24,26-30H2,1H3,(H2,44,45,49). The van der Waals surface area contributed by atoms with Gasteiger partial charge in [-0.25, -0.2) is 9.59 Å². The number of esters is 1. The molecule has 0 spiro atoms. The summed E-state index contributed by atoms with van der Waals surface area (Å²) in [5, 5.41) is 15.2. The summed E-state index contributed by atoms with van der Waals surface area (Å²) in [7, 11) is 1.32. The van der Waals surface area contributed by atoms with Crippen LogP contribution in [-0.4, -0.2) is 60.9 Å². The van der Waals surface area contributed by atoms with Gasteiger partial charge in [-0.05, 0) is 65.4 Å². The second-order valence-electron chi connectivity index (χ2n) is 13.8. The van der Waals surface area contributed by atoms with Crippen molar-refractivity contribution in [2.45, 2.75) is 82.6 Å². The fourth-order valence-corrected chi connectivity index (χ4v) is 7.09. The molecule has 0 bridgehead atoms. The number of methoxy groups -OCH3 is 1. The van der Waals surface area contributed by atoms with Crippen LogP contribution in [0.15, 0.2) is 103 Å². The number of hydrogen-bond donors (Lipinski definition) is 3. The number of urea groups is 1. The van der Waals surface area contributed by atoms with Crippen LogP contribution in [-0.2, 0) is 38.6 Å². The molecule has 2 aliphatic rings. The van der Waals surface area contributed by atoms with Gasteiger partial charge in [0.15, 0.2) is 6.29 Å². The van der Waals surface area contributed by atoms with E-state index in [1.807, 2.05) is 60.7 Å². The van der Waals surface area contributed by atoms with Gasteiger partial charge in [-0.3, -0.25) is 0 Å². The number of carbonyl (C=O) groups is 2. The highest BCUT2D eigenvalue weighted by atomic mass is 16.7. The van der Waals surface area contributed by atoms with Crippen LogP contribution in [0.5, 0.6) is 0 Å². The Kier molecular flexibility index (Phi) is 13.5. The zero-order valence-electron chi connectivity index (χ0n) is 30.0. The molecule has 2 amide bonds. The molecule has 9 heteroatoms. The fraction of sp³-hybridized carbons (Fsp3) is 0.395. The Morgan fingerprint density at radius 1 is 0.788 bits per heavy atom. The van der Waals surface area contributed by atoms with E-state index >= 15 is 0 Å². The number of nitrogens with one attached hydrogen (secondary N) is 2. The molecule has 0 aliphatic carbocycles. The van der Waals surface area contributed by atoms with Crippen LogP contribution in [0.1, 0.15) is 78.7 Å². The van der Waals surface area contributed by atoms with E-state index in [0.717, 1.165) is 65.0 Å². The summed E-state index contributed by atoms with van der Waals surface area (Å²) in [6.07, 6.45) is 6.90. The van der Waals surface area contributed by atoms with Gasteiger partial charge >= 0.3 is 12.0 Å². The third-order valence-electron chi connectivity index (χ3n) is 10.00. The highest BCUT2D eigenvalue weighted by Crippen LogP contribution is 2.39. The highest BCUT2D eigenvalue weighted by Gasteiger charge is 2.33. The van der Waals surface area contributed by atoms with E-state index < -0.39 is 24.3 Å². The second kappa shape index (κ2) is 18.8. The number of aliphatic hydroxyl groups excluding tert-OH is 1. The van der Waals surface area contributed by atoms with E-state index in [0.29, 0.717) is 13.0 Å². The SMILES string of the molecule is COC(=O)C(Cc1ccccc1)NC(=O)NCc1cccc(-c2ccc(C3OC(CN4CCCCCCC4)CC(c4ccc(CO)cc4)O3)cc2)c1. The maximum atomic E-state index is 12.8. The van der Waals surface area contributed by atoms with Crippen molar-refractivity contribution in [3.63, 3.8) is 0 Å². The van der Waals surface area contributed by atoms with Crippen LogP contribution in [0, 0.1) is 0 Å². The lowest BCUT2D eigenvalue weighted by Gasteiger charge is -2.38. The minimum Gasteiger partial charge on any atom is -0.467 e. The Morgan fingerprint density at radius 2 is 1.48 bits per heavy atom. The molecule has 0 aromatic heterocycles. The van der Waals surface area contributed by atoms with Crippen molar-refractivity contribution >= 4 is 12.0 Å². The molecule has 6 rings (SSSR count). The van der Waals surface area contributed by atoms with Crippen molar-refractivity contribution in [1.82, 2.24) is 15.5 Å². The number of hydrogen-bond acceptors (Lipinski definition) is 7. The molecular formula is C43H51N3O6. The van der Waals surface area contributed by atoms with Gasteiger partial charge in [-0.15, -0.1) is 0 Å². The summed E-state index contributed by atoms with van der Waals surface area (Å²) in [5.74, 6) is -0.496. The van der Waals surface area contributed by atoms with Crippen molar-refractivity contribution in [1.29, 1.82) is 0 Å². The van der Waals surface area contributed by atoms with Crippen LogP contribution in [0.25, 0.3) is 11.1 Å². The summed E-state index contributed by atoms with van der Waals surface area (Å²) in [6, 6.07) is 32.7. The normalized spacial score (nSPS) is 20.2. The van der Waals surface area contributed by atoms with E-state index in [1.165, 1.54) is 39.2 Å². The monoisotopic (exact) mass is 705 g/mol. The minimum atomic E-state index is -0.800. The Hall–Kier alpha value is -4.54. The molecule has 0 radical (unpaired) electrons. The van der Waals surface area contributed by atoms with Crippen molar-refractivity contribution in [2.75, 3.05) is 26.7 Å². The first-order valence-electron chi connectivity index (χ1n) is 18.6. The molecular weight excluding hydrogens is 654 g/mol. The molecule has 4 unspecified atom stereocenters. The first kappa shape index (κ1) is 37.2. The molecule has 4 aromatic carbocycles. The zero-order valence-corrected chi connectivity index (χ0v) is 30.0. The summed E-state index contributed by atoms with van der Waals surface area (Å²) in [4.78, 5) is 27.8. The summed E-state index contributed by atoms with van der Waals surface area (Å²) < 4.78 is 18.2. The molecule has 2 saturated heterocycles. The molecule has 3 N–H and O–H groups in total. The lowest BCUT2D eigenvalue weighted by Crippen LogP contribution is -2.47. The predicted molar refractivity (Wildman–Crippen MR) is 201 cm³/mol. The van der Waals surface area contributed by atoms with E-state index in [-0.39, 0.29) is 18.8 Å². The molecule has 2 heterocycles. The minimum absolute atomic E-state index is 0.0167. The number of carbonyl (C=O) groups excluding carboxylic acids is 2. The lowest BCUT2D eigenvalue weighted by molar-refractivity contribution is -0.253. The van der Waals surface area contributed by atoms with Gasteiger partial charge in [0.1, 0.15) is 6.04 Å². The maximum Gasteiger partial charge on any atom is 0.328 e. The Morgan fingerprint density at radius 3 is 2.19 bits per heavy atom. The zero-order chi connectivity index (χ0) is 36.1. The summed E-state index contributed by atoms with van der Waals surface area (Å²) in [5.41, 5.74) is 6.84. The van der Waals surface area contributed by atoms with Crippen LogP contribution < -0.4 is 10.6 Å². The second-order valence-corrected chi connectivity index (χ2v) is 13.8. The quantitative estimate of drug-likeness (QED) is 0.133. The average molecular weight is 706 g/mol. The van der Waals surface area contributed by atoms with Crippen LogP contribution in [0.4, 0.5) is 4.79 Å². The van der Waals surface area contributed by atoms with E-state index in [1.54, 1.807) is 0 Å². The Labute approximate surface area is 307 Å². The predicted octanol–water partition coefficient (Wildman–Crippen LogP) is 7.24. The number of ether oxygens (including phenoxy) is 3. The van der Waals surface area contributed by atoms with Gasteiger partial charge in [-0.2, -0.15) is 0 Å². The van der Waals surface area contributed by atoms with Gasteiger partial charge < -0.3 is 34.9 Å². The third kappa shape index (κ3) is 10.5. The first-order valence-corrected chi connectivity index (χ1v) is 18.6. The van der Waals surface area contributed by atoms with Crippen molar-refractivity contribution < 1.29 is 28.9 Å². The molecule has 2 aliphatic heterocycles. The molecule has 2 fully saturated rings. The molecule has 4 atom stereocenters. The average Bonchev–Trinajstić information content (AvgIpc) is 3.18. The van der Waals surface area contributed by atoms with E-state index in [4.69, 9.17) is 14.2 Å². The number of aliphatic hydroxyl groups is 1. The summed E-state index contributed by atoms with van der Waals surface area (Å²) in [6.45, 7) is 3.41. The molecule has 0 saturated carbocycles. The Balaban J connectivity index is 1.10. The number of rotatable bonds is 12. The number of benzene rings is 4. The Bertz CT molecular complexity index is 1710. The van der Waals surface area contributed by atoms with Crippen LogP contribution >= 0.6 is 0 Å². The van der Waals surface area contributed by atoms with Crippen molar-refractivity contribution in [2.24, 2.45) is 0 Å². The molecule has 274 valence electrons. The largest absolute Gasteiger partial charge is 0.467 e. The molecule has 4 aromatic rings. The van der Waals surface area contributed by atoms with Crippen LogP contribution in [0.2, 0.25) is 0 Å². The topological polar surface area (TPSA) is 109 Å². The van der Waals surface area contributed by atoms with Crippen molar-refractivity contribution in [3.05, 3.63) is 131 Å². The van der Waals surface area contributed by atoms with Crippen molar-refractivity contribution in [3.8, 4) is 11.1 Å². The van der Waals surface area contributed by atoms with Crippen LogP contribution in [0.3, 0.4) is 0 Å². The lowest BCUT2D eigenvalue weighted by atomic mass is 9.98. The molecule has 52 heavy (non-hydrogen) atoms. The fourth-order valence-electron chi connectivity index (χ4n) is 7.09.